The number of hydrogen-bond acceptors (Lipinski definition) is 5. The van der Waals surface area contributed by atoms with Crippen LogP contribution in [0.5, 0.6) is 0 Å². The number of halogens is 1. The third-order valence-electron chi connectivity index (χ3n) is 3.23. The number of carbonyl (C=O) groups excluding carboxylic acids is 1. The first kappa shape index (κ1) is 12.2. The zero-order valence-corrected chi connectivity index (χ0v) is 11.1. The van der Waals surface area contributed by atoms with Gasteiger partial charge in [0.25, 0.3) is 0 Å². The van der Waals surface area contributed by atoms with Crippen LogP contribution in [0.25, 0.3) is 11.2 Å². The molecule has 0 aromatic carbocycles. The first-order chi connectivity index (χ1) is 9.20. The molecule has 2 aromatic heterocycles. The van der Waals surface area contributed by atoms with Crippen molar-refractivity contribution in [3.63, 3.8) is 0 Å². The average molecular weight is 281 g/mol. The molecule has 2 aromatic rings. The van der Waals surface area contributed by atoms with Gasteiger partial charge < -0.3 is 15.2 Å². The summed E-state index contributed by atoms with van der Waals surface area (Å²) < 4.78 is 0. The lowest BCUT2D eigenvalue weighted by molar-refractivity contribution is -0.123. The number of imidazole rings is 1. The Balaban J connectivity index is 2.11. The number of carbonyl (C=O) groups is 1. The van der Waals surface area contributed by atoms with E-state index >= 15 is 0 Å². The van der Waals surface area contributed by atoms with Crippen molar-refractivity contribution in [2.75, 3.05) is 18.0 Å². The number of anilines is 1. The fraction of sp³-hybridized carbons (Fsp3) is 0.455. The number of hydrogen-bond donors (Lipinski definition) is 2. The van der Waals surface area contributed by atoms with Crippen LogP contribution in [0.2, 0.25) is 5.28 Å². The number of nitrogens with zero attached hydrogens (tertiary/aromatic N) is 4. The standard InChI is InChI=1S/C11H13ClN6O/c1-2-6-10(19)13-3-4-18(6)9-7-8(15-5-14-7)16-11(12)17-9/h5-6H,2-4H2,1H3,(H,13,19)(H,14,15,16,17). The van der Waals surface area contributed by atoms with Gasteiger partial charge in [0, 0.05) is 13.1 Å². The molecule has 1 unspecified atom stereocenters. The minimum atomic E-state index is -0.244. The van der Waals surface area contributed by atoms with Crippen LogP contribution in [0.15, 0.2) is 6.33 Å². The molecule has 0 bridgehead atoms. The Labute approximate surface area is 114 Å². The molecule has 7 nitrogen and oxygen atoms in total. The van der Waals surface area contributed by atoms with E-state index in [4.69, 9.17) is 11.6 Å². The van der Waals surface area contributed by atoms with E-state index in [9.17, 15) is 4.79 Å². The molecule has 1 atom stereocenters. The molecule has 0 saturated carbocycles. The van der Waals surface area contributed by atoms with Gasteiger partial charge in [-0.3, -0.25) is 4.79 Å². The quantitative estimate of drug-likeness (QED) is 0.792. The average Bonchev–Trinajstić information content (AvgIpc) is 2.85. The molecule has 0 spiro atoms. The predicted molar refractivity (Wildman–Crippen MR) is 71.1 cm³/mol. The van der Waals surface area contributed by atoms with E-state index < -0.39 is 0 Å². The van der Waals surface area contributed by atoms with E-state index in [2.05, 4.69) is 25.3 Å². The first-order valence-corrected chi connectivity index (χ1v) is 6.49. The molecule has 2 N–H and O–H groups in total. The van der Waals surface area contributed by atoms with Crippen LogP contribution in [0.4, 0.5) is 5.82 Å². The smallest absolute Gasteiger partial charge is 0.242 e. The van der Waals surface area contributed by atoms with Gasteiger partial charge >= 0.3 is 0 Å². The largest absolute Gasteiger partial charge is 0.353 e. The molecule has 100 valence electrons. The van der Waals surface area contributed by atoms with Gasteiger partial charge in [-0.1, -0.05) is 6.92 Å². The first-order valence-electron chi connectivity index (χ1n) is 6.11. The summed E-state index contributed by atoms with van der Waals surface area (Å²) in [6.07, 6.45) is 2.24. The van der Waals surface area contributed by atoms with Crippen molar-refractivity contribution >= 4 is 34.5 Å². The van der Waals surface area contributed by atoms with Crippen molar-refractivity contribution in [3.05, 3.63) is 11.6 Å². The zero-order valence-electron chi connectivity index (χ0n) is 10.4. The van der Waals surface area contributed by atoms with Crippen molar-refractivity contribution in [3.8, 4) is 0 Å². The van der Waals surface area contributed by atoms with E-state index in [1.54, 1.807) is 6.33 Å². The molecule has 1 fully saturated rings. The highest BCUT2D eigenvalue weighted by molar-refractivity contribution is 6.28. The summed E-state index contributed by atoms with van der Waals surface area (Å²) in [6.45, 7) is 3.24. The Morgan fingerprint density at radius 2 is 2.37 bits per heavy atom. The van der Waals surface area contributed by atoms with Crippen LogP contribution in [-0.2, 0) is 4.79 Å². The number of aromatic nitrogens is 4. The normalized spacial score (nSPS) is 19.8. The van der Waals surface area contributed by atoms with Crippen molar-refractivity contribution in [1.82, 2.24) is 25.3 Å². The maximum absolute atomic E-state index is 11.9. The van der Waals surface area contributed by atoms with Gasteiger partial charge in [0.1, 0.15) is 11.6 Å². The SMILES string of the molecule is CCC1C(=O)NCCN1c1nc(Cl)nc2nc[nH]c12. The second-order valence-corrected chi connectivity index (χ2v) is 4.66. The van der Waals surface area contributed by atoms with E-state index in [0.29, 0.717) is 36.5 Å². The molecule has 1 amide bonds. The van der Waals surface area contributed by atoms with Crippen molar-refractivity contribution in [2.24, 2.45) is 0 Å². The molecule has 8 heteroatoms. The van der Waals surface area contributed by atoms with Crippen LogP contribution in [0, 0.1) is 0 Å². The lowest BCUT2D eigenvalue weighted by Crippen LogP contribution is -2.55. The number of amides is 1. The summed E-state index contributed by atoms with van der Waals surface area (Å²) in [5, 5.41) is 2.99. The second kappa shape index (κ2) is 4.65. The van der Waals surface area contributed by atoms with E-state index in [1.807, 2.05) is 11.8 Å². The highest BCUT2D eigenvalue weighted by atomic mass is 35.5. The molecule has 3 rings (SSSR count). The van der Waals surface area contributed by atoms with Crippen LogP contribution >= 0.6 is 11.6 Å². The van der Waals surface area contributed by atoms with Crippen molar-refractivity contribution < 1.29 is 4.79 Å². The van der Waals surface area contributed by atoms with Gasteiger partial charge in [-0.25, -0.2) is 4.98 Å². The third-order valence-corrected chi connectivity index (χ3v) is 3.40. The number of rotatable bonds is 2. The maximum Gasteiger partial charge on any atom is 0.242 e. The highest BCUT2D eigenvalue weighted by Crippen LogP contribution is 2.26. The number of aromatic amines is 1. The molecule has 0 aliphatic carbocycles. The molecule has 1 aliphatic heterocycles. The van der Waals surface area contributed by atoms with Gasteiger partial charge in [-0.2, -0.15) is 9.97 Å². The monoisotopic (exact) mass is 280 g/mol. The maximum atomic E-state index is 11.9. The van der Waals surface area contributed by atoms with Gasteiger partial charge in [0.05, 0.1) is 6.33 Å². The number of nitrogens with one attached hydrogen (secondary N) is 2. The number of piperazine rings is 1. The lowest BCUT2D eigenvalue weighted by atomic mass is 10.1. The molecule has 3 heterocycles. The molecular weight excluding hydrogens is 268 g/mol. The van der Waals surface area contributed by atoms with Crippen LogP contribution in [0.1, 0.15) is 13.3 Å². The Kier molecular flexibility index (Phi) is 2.98. The minimum absolute atomic E-state index is 0.0103. The summed E-state index contributed by atoms with van der Waals surface area (Å²) >= 11 is 5.92. The predicted octanol–water partition coefficient (Wildman–Crippen LogP) is 0.721. The Morgan fingerprint density at radius 1 is 1.53 bits per heavy atom. The Bertz CT molecular complexity index is 627. The topological polar surface area (TPSA) is 86.8 Å². The van der Waals surface area contributed by atoms with Gasteiger partial charge in [-0.15, -0.1) is 0 Å². The van der Waals surface area contributed by atoms with E-state index in [1.165, 1.54) is 0 Å². The van der Waals surface area contributed by atoms with E-state index in [-0.39, 0.29) is 17.2 Å². The van der Waals surface area contributed by atoms with Gasteiger partial charge in [0.15, 0.2) is 11.5 Å². The van der Waals surface area contributed by atoms with Crippen LogP contribution in [0.3, 0.4) is 0 Å². The number of fused-ring (bicyclic) bond motifs is 1. The zero-order chi connectivity index (χ0) is 13.4. The highest BCUT2D eigenvalue weighted by Gasteiger charge is 2.30. The number of H-pyrrole nitrogens is 1. The second-order valence-electron chi connectivity index (χ2n) is 4.33. The van der Waals surface area contributed by atoms with Crippen LogP contribution < -0.4 is 10.2 Å². The molecule has 0 radical (unpaired) electrons. The third kappa shape index (κ3) is 1.99. The van der Waals surface area contributed by atoms with Crippen molar-refractivity contribution in [2.45, 2.75) is 19.4 Å². The molecular formula is C11H13ClN6O. The Hall–Kier alpha value is -1.89. The van der Waals surface area contributed by atoms with Crippen molar-refractivity contribution in [1.29, 1.82) is 0 Å². The molecule has 1 saturated heterocycles. The Morgan fingerprint density at radius 3 is 3.16 bits per heavy atom. The summed E-state index contributed by atoms with van der Waals surface area (Å²) in [6, 6.07) is -0.244. The summed E-state index contributed by atoms with van der Waals surface area (Å²) in [7, 11) is 0. The fourth-order valence-electron chi connectivity index (χ4n) is 2.37. The lowest BCUT2D eigenvalue weighted by Gasteiger charge is -2.35. The summed E-state index contributed by atoms with van der Waals surface area (Å²) in [4.78, 5) is 29.3. The van der Waals surface area contributed by atoms with Gasteiger partial charge in [0.2, 0.25) is 11.2 Å². The minimum Gasteiger partial charge on any atom is -0.353 e. The van der Waals surface area contributed by atoms with Crippen LogP contribution in [-0.4, -0.2) is 45.0 Å². The summed E-state index contributed by atoms with van der Waals surface area (Å²) in [5.74, 6) is 0.644. The molecule has 1 aliphatic rings. The molecule has 19 heavy (non-hydrogen) atoms. The van der Waals surface area contributed by atoms with Gasteiger partial charge in [-0.05, 0) is 18.0 Å². The summed E-state index contributed by atoms with van der Waals surface area (Å²) in [5.41, 5.74) is 1.22. The fourth-order valence-corrected chi connectivity index (χ4v) is 2.53. The van der Waals surface area contributed by atoms with E-state index in [0.717, 1.165) is 0 Å².